The minimum atomic E-state index is -1.08. The van der Waals surface area contributed by atoms with E-state index in [1.807, 2.05) is 77.8 Å². The molecule has 8 saturated heterocycles. The number of carbonyl (C=O) groups is 8. The van der Waals surface area contributed by atoms with Crippen molar-refractivity contribution in [1.82, 2.24) is 80.7 Å². The Morgan fingerprint density at radius 2 is 0.613 bits per heavy atom. The Labute approximate surface area is 816 Å². The van der Waals surface area contributed by atoms with Gasteiger partial charge in [0.25, 0.3) is 47.3 Å². The molecule has 8 amide bonds. The van der Waals surface area contributed by atoms with Crippen LogP contribution in [0.3, 0.4) is 0 Å². The fourth-order valence-corrected chi connectivity index (χ4v) is 25.7. The molecule has 8 bridgehead atoms. The van der Waals surface area contributed by atoms with Crippen molar-refractivity contribution in [2.75, 3.05) is 21.3 Å². The zero-order valence-corrected chi connectivity index (χ0v) is 83.9. The quantitative estimate of drug-likeness (QED) is 0.0227. The molecule has 13 fully saturated rings. The lowest BCUT2D eigenvalue weighted by Gasteiger charge is -2.32. The largest absolute Gasteiger partial charge is 0.393 e. The topological polar surface area (TPSA) is 430 Å². The Morgan fingerprint density at radius 1 is 0.358 bits per heavy atom. The lowest BCUT2D eigenvalue weighted by molar-refractivity contribution is 0.0408. The number of fused-ring (bicyclic) bond motifs is 8. The van der Waals surface area contributed by atoms with Crippen molar-refractivity contribution in [3.05, 3.63) is 114 Å². The van der Waals surface area contributed by atoms with Gasteiger partial charge in [0.1, 0.15) is 46.0 Å². The summed E-state index contributed by atoms with van der Waals surface area (Å²) in [6.45, 7) is 25.7. The summed E-state index contributed by atoms with van der Waals surface area (Å²) in [5, 5.41) is 65.7. The number of anilines is 4. The molecule has 5 aliphatic carbocycles. The molecule has 0 radical (unpaired) electrons. The maximum Gasteiger partial charge on any atom is 0.280 e. The summed E-state index contributed by atoms with van der Waals surface area (Å²) >= 11 is 4.94. The van der Waals surface area contributed by atoms with Crippen LogP contribution in [0.5, 0.6) is 0 Å². The molecule has 8 aliphatic heterocycles. The van der Waals surface area contributed by atoms with Crippen molar-refractivity contribution in [2.45, 2.75) is 378 Å². The van der Waals surface area contributed by atoms with Gasteiger partial charge in [-0.2, -0.15) is 0 Å². The number of carbonyl (C=O) groups excluding carboxylic acids is 8. The van der Waals surface area contributed by atoms with E-state index in [0.717, 1.165) is 189 Å². The lowest BCUT2D eigenvalue weighted by Crippen LogP contribution is -2.50. The van der Waals surface area contributed by atoms with Gasteiger partial charge in [0, 0.05) is 126 Å². The number of nitrogens with one attached hydrogen (secondary N) is 8. The highest BCUT2D eigenvalue weighted by atomic mass is 32.1. The molecule has 16 heterocycles. The summed E-state index contributed by atoms with van der Waals surface area (Å²) in [7, 11) is 0. The van der Waals surface area contributed by atoms with Crippen LogP contribution in [-0.2, 0) is 0 Å². The van der Waals surface area contributed by atoms with Crippen molar-refractivity contribution in [3.63, 3.8) is 0 Å². The second kappa shape index (κ2) is 40.3. The third kappa shape index (κ3) is 20.9. The smallest absolute Gasteiger partial charge is 0.280 e. The Hall–Kier alpha value is -10.1. The fraction of sp³-hybridized carbons (Fsp3) is 0.604. The van der Waals surface area contributed by atoms with E-state index in [1.54, 1.807) is 39.4 Å². The van der Waals surface area contributed by atoms with Crippen molar-refractivity contribution in [3.8, 4) is 41.8 Å². The van der Waals surface area contributed by atoms with Crippen molar-refractivity contribution in [2.24, 2.45) is 11.8 Å². The number of hydrogen-bond acceptors (Lipinski definition) is 28. The number of aryl methyl sites for hydroxylation is 4. The molecule has 8 aromatic rings. The van der Waals surface area contributed by atoms with Gasteiger partial charge >= 0.3 is 0 Å². The minimum Gasteiger partial charge on any atom is -0.393 e. The first kappa shape index (κ1) is 97.2. The van der Waals surface area contributed by atoms with Gasteiger partial charge in [0.15, 0.2) is 20.0 Å². The van der Waals surface area contributed by atoms with E-state index in [2.05, 4.69) is 124 Å². The maximum atomic E-state index is 13.8. The normalized spacial score (nSPS) is 25.7. The Balaban J connectivity index is 0.000000122. The molecule has 21 rings (SSSR count). The zero-order valence-electron chi connectivity index (χ0n) is 80.7. The molecule has 137 heavy (non-hydrogen) atoms. The van der Waals surface area contributed by atoms with Crippen LogP contribution < -0.4 is 42.5 Å². The molecule has 8 aromatic heterocycles. The Bertz CT molecular complexity index is 5640. The maximum absolute atomic E-state index is 13.8. The molecule has 32 nitrogen and oxygen atoms in total. The first-order chi connectivity index (χ1) is 65.5. The van der Waals surface area contributed by atoms with Crippen LogP contribution in [0.15, 0.2) is 49.1 Å². The average Bonchev–Trinajstić information content (AvgIpc) is 1.62. The van der Waals surface area contributed by atoms with E-state index in [0.29, 0.717) is 91.0 Å². The minimum absolute atomic E-state index is 0.0411. The summed E-state index contributed by atoms with van der Waals surface area (Å²) in [6, 6.07) is 10.4. The van der Waals surface area contributed by atoms with Crippen LogP contribution in [0.25, 0.3) is 41.8 Å². The Morgan fingerprint density at radius 3 is 0.832 bits per heavy atom. The summed E-state index contributed by atoms with van der Waals surface area (Å²) in [5.74, 6) is 2.97. The summed E-state index contributed by atoms with van der Waals surface area (Å²) < 4.78 is 0. The van der Waals surface area contributed by atoms with Gasteiger partial charge in [0.2, 0.25) is 0 Å². The third-order valence-electron chi connectivity index (χ3n) is 30.5. The number of aliphatic hydroxyl groups excluding tert-OH is 3. The lowest BCUT2D eigenvalue weighted by atomic mass is 9.89. The number of amides is 8. The van der Waals surface area contributed by atoms with Crippen LogP contribution in [0.4, 0.5) is 23.3 Å². The molecular weight excluding hydrogens is 1810 g/mol. The van der Waals surface area contributed by atoms with Crippen LogP contribution in [-0.4, -0.2) is 248 Å². The second-order valence-corrected chi connectivity index (χ2v) is 45.8. The van der Waals surface area contributed by atoms with E-state index in [1.165, 1.54) is 71.0 Å². The summed E-state index contributed by atoms with van der Waals surface area (Å²) in [5.41, 5.74) is 7.52. The monoisotopic (exact) mass is 1940 g/mol. The van der Waals surface area contributed by atoms with Gasteiger partial charge < -0.3 is 82.6 Å². The molecule has 0 aromatic carbocycles. The van der Waals surface area contributed by atoms with Crippen LogP contribution >= 0.6 is 45.3 Å². The van der Waals surface area contributed by atoms with Crippen LogP contribution in [0, 0.1) is 39.5 Å². The molecular formula is C101H132N20O12S4. The first-order valence-corrected chi connectivity index (χ1v) is 53.1. The molecule has 5 saturated carbocycles. The highest BCUT2D eigenvalue weighted by Crippen LogP contribution is 2.48. The highest BCUT2D eigenvalue weighted by molar-refractivity contribution is 7.18. The average molecular weight is 1950 g/mol. The number of aliphatic hydroxyl groups is 4. The Kier molecular flexibility index (Phi) is 28.6. The van der Waals surface area contributed by atoms with Crippen LogP contribution in [0.2, 0.25) is 0 Å². The number of pyridine rings is 4. The summed E-state index contributed by atoms with van der Waals surface area (Å²) in [6.07, 6.45) is 31.5. The van der Waals surface area contributed by atoms with Gasteiger partial charge in [-0.3, -0.25) is 38.4 Å². The predicted molar refractivity (Wildman–Crippen MR) is 531 cm³/mol. The molecule has 2 unspecified atom stereocenters. The third-order valence-corrected chi connectivity index (χ3v) is 34.9. The zero-order chi connectivity index (χ0) is 96.6. The molecule has 0 spiro atoms. The molecule has 12 N–H and O–H groups in total. The second-order valence-electron chi connectivity index (χ2n) is 41.8. The predicted octanol–water partition coefficient (Wildman–Crippen LogP) is 14.8. The van der Waals surface area contributed by atoms with Gasteiger partial charge in [-0.25, -0.2) is 39.9 Å². The molecule has 36 heteroatoms. The first-order valence-electron chi connectivity index (χ1n) is 49.8. The number of hydrogen-bond donors (Lipinski definition) is 12. The van der Waals surface area contributed by atoms with Crippen molar-refractivity contribution < 1.29 is 58.8 Å². The molecule has 7 atom stereocenters. The van der Waals surface area contributed by atoms with E-state index in [-0.39, 0.29) is 147 Å². The number of rotatable bonds is 27. The van der Waals surface area contributed by atoms with Gasteiger partial charge in [-0.1, -0.05) is 0 Å². The van der Waals surface area contributed by atoms with Crippen molar-refractivity contribution in [1.29, 1.82) is 0 Å². The summed E-state index contributed by atoms with van der Waals surface area (Å²) in [4.78, 5) is 154. The molecule has 732 valence electrons. The molecule has 13 aliphatic rings. The standard InChI is InChI=1S/C27H37N5O3S.C26H33N5O3S.2C24H31N5O3S/c1-14-12-21(29-15(2)17-6-7-17)28-13-20(14)23-22(26(34)32-18-8-9-19(32)11-10-18)31-25(36-23)24(33)30-16(3)27(4,5)35;1-13-9-21(28-14(2)15-3-4-15)27-12-20(13)23-22(26(34)31-17-5-6-18(31)8-7-17)30-25(35-23)24(33)29-16-10-19(32)11-16;2*1-12(2)26-19-10-13(3)16(11-25-19)21-20(24(32)29-14-4-5-15(29)7-6-14)28-23(33-21)22(31)27-17-8-9-18(17)30/h12-13,15-19,35H,6-11H2,1-5H3,(H,28,29)(H,30,33);9,12,14-19,32H,3-8,10-11H2,1-2H3,(H,27,28)(H,29,33);2*10-12,14-15,17-18,30H,4-9H2,1-3H3,(H,25,26)(H,27,31)/t15-,16+,18?,19?;14-,16?,17?,18?,19?;14?,15?,17-,18-;/m111./s1. The van der Waals surface area contributed by atoms with E-state index >= 15 is 0 Å². The van der Waals surface area contributed by atoms with Gasteiger partial charge in [-0.15, -0.1) is 45.3 Å². The highest BCUT2D eigenvalue weighted by Gasteiger charge is 2.50. The SMILES string of the molecule is Cc1cc(NC(C)C)ncc1-c1sc(C(=O)NC2CCC2O)nc1C(=O)N1C2CCC1CC2.Cc1cc(NC(C)C)ncc1-c1sc(C(=O)N[C@@H]2CC[C@H]2O)nc1C(=O)N1C2CCC1CC2.Cc1cc(N[C@H](C)C2CC2)ncc1-c1sc(C(=O)NC2CC(O)C2)nc1C(=O)N1C2CCC1CC2.Cc1cc(N[C@H](C)C2CC2)ncc1-c1sc(C(=O)N[C@@H](C)C(C)(C)O)nc1C(=O)N1C2CCC1CC2. The van der Waals surface area contributed by atoms with Crippen molar-refractivity contribution >= 4 is 116 Å². The van der Waals surface area contributed by atoms with E-state index in [4.69, 9.17) is 0 Å². The van der Waals surface area contributed by atoms with E-state index < -0.39 is 23.9 Å². The van der Waals surface area contributed by atoms with Crippen LogP contribution in [0.1, 0.15) is 333 Å². The van der Waals surface area contributed by atoms with Gasteiger partial charge in [-0.05, 0) is 315 Å². The number of nitrogens with zero attached hydrogens (tertiary/aromatic N) is 12. The fourth-order valence-electron chi connectivity index (χ4n) is 21.6. The number of aromatic nitrogens is 8. The van der Waals surface area contributed by atoms with E-state index in [9.17, 15) is 58.8 Å². The number of thiazole rings is 4. The van der Waals surface area contributed by atoms with Gasteiger partial charge in [0.05, 0.1) is 61.5 Å².